The highest BCUT2D eigenvalue weighted by molar-refractivity contribution is 9.10. The molecular formula is C10H10BrN3O. The molecule has 0 unspecified atom stereocenters. The Morgan fingerprint density at radius 1 is 1.47 bits per heavy atom. The van der Waals surface area contributed by atoms with Crippen LogP contribution in [-0.2, 0) is 7.05 Å². The molecule has 0 aliphatic heterocycles. The lowest BCUT2D eigenvalue weighted by molar-refractivity contribution is 0.843. The van der Waals surface area contributed by atoms with E-state index in [0.717, 1.165) is 10.2 Å². The van der Waals surface area contributed by atoms with Gasteiger partial charge in [-0.3, -0.25) is 4.79 Å². The number of hydrogen-bond acceptors (Lipinski definition) is 3. The van der Waals surface area contributed by atoms with Crippen molar-refractivity contribution in [2.45, 2.75) is 0 Å². The number of hydrogen-bond donors (Lipinski definition) is 1. The summed E-state index contributed by atoms with van der Waals surface area (Å²) in [6.07, 6.45) is 1.53. The lowest BCUT2D eigenvalue weighted by atomic mass is 10.2. The third-order valence-corrected chi connectivity index (χ3v) is 2.93. The Balaban J connectivity index is 2.88. The summed E-state index contributed by atoms with van der Waals surface area (Å²) in [6, 6.07) is 3.64. The van der Waals surface area contributed by atoms with Crippen LogP contribution < -0.4 is 10.9 Å². The number of aromatic nitrogens is 2. The smallest absolute Gasteiger partial charge is 0.260 e. The van der Waals surface area contributed by atoms with Crippen LogP contribution in [0.4, 0.5) is 5.69 Å². The van der Waals surface area contributed by atoms with Crippen LogP contribution in [0.3, 0.4) is 0 Å². The van der Waals surface area contributed by atoms with Gasteiger partial charge in [0, 0.05) is 18.6 Å². The summed E-state index contributed by atoms with van der Waals surface area (Å²) in [6.45, 7) is 0. The fourth-order valence-corrected chi connectivity index (χ4v) is 1.96. The number of fused-ring (bicyclic) bond motifs is 1. The lowest BCUT2D eigenvalue weighted by Gasteiger charge is -2.06. The Labute approximate surface area is 95.1 Å². The molecule has 78 valence electrons. The molecule has 0 spiro atoms. The summed E-state index contributed by atoms with van der Waals surface area (Å²) < 4.78 is 2.33. The van der Waals surface area contributed by atoms with E-state index in [9.17, 15) is 4.79 Å². The summed E-state index contributed by atoms with van der Waals surface area (Å²) in [7, 11) is 3.52. The summed E-state index contributed by atoms with van der Waals surface area (Å²) >= 11 is 3.40. The van der Waals surface area contributed by atoms with E-state index in [1.165, 1.54) is 10.9 Å². The SMILES string of the molecule is CNc1cc2ncn(C)c(=O)c2cc1Br. The van der Waals surface area contributed by atoms with Gasteiger partial charge in [0.1, 0.15) is 0 Å². The van der Waals surface area contributed by atoms with Gasteiger partial charge < -0.3 is 9.88 Å². The first-order valence-corrected chi connectivity index (χ1v) is 5.25. The van der Waals surface area contributed by atoms with E-state index in [2.05, 4.69) is 26.2 Å². The molecule has 0 saturated heterocycles. The minimum absolute atomic E-state index is 0.0386. The Hall–Kier alpha value is -1.36. The van der Waals surface area contributed by atoms with Gasteiger partial charge in [0.2, 0.25) is 0 Å². The molecule has 1 aromatic heterocycles. The molecule has 15 heavy (non-hydrogen) atoms. The molecule has 1 aromatic carbocycles. The fourth-order valence-electron chi connectivity index (χ4n) is 1.42. The molecule has 2 aromatic rings. The van der Waals surface area contributed by atoms with Gasteiger partial charge in [0.05, 0.1) is 22.9 Å². The predicted molar refractivity (Wildman–Crippen MR) is 64.2 cm³/mol. The summed E-state index contributed by atoms with van der Waals surface area (Å²) in [5, 5.41) is 3.64. The minimum Gasteiger partial charge on any atom is -0.387 e. The molecule has 0 aliphatic carbocycles. The predicted octanol–water partition coefficient (Wildman–Crippen LogP) is 1.74. The van der Waals surface area contributed by atoms with Crippen molar-refractivity contribution in [3.05, 3.63) is 33.3 Å². The van der Waals surface area contributed by atoms with E-state index in [0.29, 0.717) is 10.9 Å². The van der Waals surface area contributed by atoms with Crippen LogP contribution in [0, 0.1) is 0 Å². The van der Waals surface area contributed by atoms with Gasteiger partial charge in [-0.15, -0.1) is 0 Å². The first-order chi connectivity index (χ1) is 7.13. The molecule has 0 fully saturated rings. The van der Waals surface area contributed by atoms with Gasteiger partial charge in [-0.25, -0.2) is 4.98 Å². The van der Waals surface area contributed by atoms with E-state index in [1.807, 2.05) is 13.1 Å². The van der Waals surface area contributed by atoms with Crippen molar-refractivity contribution in [2.24, 2.45) is 7.05 Å². The molecule has 0 amide bonds. The van der Waals surface area contributed by atoms with Crippen LogP contribution in [0.5, 0.6) is 0 Å². The molecule has 0 aliphatic rings. The number of halogens is 1. The zero-order valence-electron chi connectivity index (χ0n) is 8.41. The number of aryl methyl sites for hydroxylation is 1. The molecule has 5 heteroatoms. The Bertz CT molecular complexity index is 577. The molecule has 1 N–H and O–H groups in total. The maximum atomic E-state index is 11.8. The van der Waals surface area contributed by atoms with Gasteiger partial charge >= 0.3 is 0 Å². The topological polar surface area (TPSA) is 46.9 Å². The highest BCUT2D eigenvalue weighted by Gasteiger charge is 2.05. The van der Waals surface area contributed by atoms with Crippen molar-refractivity contribution in [1.82, 2.24) is 9.55 Å². The van der Waals surface area contributed by atoms with E-state index in [4.69, 9.17) is 0 Å². The van der Waals surface area contributed by atoms with Gasteiger partial charge in [-0.2, -0.15) is 0 Å². The second-order valence-electron chi connectivity index (χ2n) is 3.26. The van der Waals surface area contributed by atoms with Crippen molar-refractivity contribution in [3.8, 4) is 0 Å². The summed E-state index contributed by atoms with van der Waals surface area (Å²) in [5.74, 6) is 0. The van der Waals surface area contributed by atoms with Crippen molar-refractivity contribution < 1.29 is 0 Å². The number of rotatable bonds is 1. The van der Waals surface area contributed by atoms with Crippen LogP contribution in [0.2, 0.25) is 0 Å². The lowest BCUT2D eigenvalue weighted by Crippen LogP contribution is -2.16. The van der Waals surface area contributed by atoms with Gasteiger partial charge in [0.15, 0.2) is 0 Å². The number of anilines is 1. The zero-order chi connectivity index (χ0) is 11.0. The fraction of sp³-hybridized carbons (Fsp3) is 0.200. The standard InChI is InChI=1S/C10H10BrN3O/c1-12-9-4-8-6(3-7(9)11)10(15)14(2)5-13-8/h3-5,12H,1-2H3. The van der Waals surface area contributed by atoms with Crippen molar-refractivity contribution in [3.63, 3.8) is 0 Å². The molecule has 0 atom stereocenters. The molecule has 0 saturated carbocycles. The van der Waals surface area contributed by atoms with Crippen LogP contribution in [0.15, 0.2) is 27.7 Å². The maximum absolute atomic E-state index is 11.8. The van der Waals surface area contributed by atoms with Crippen LogP contribution >= 0.6 is 15.9 Å². The van der Waals surface area contributed by atoms with E-state index >= 15 is 0 Å². The highest BCUT2D eigenvalue weighted by atomic mass is 79.9. The van der Waals surface area contributed by atoms with Gasteiger partial charge in [-0.1, -0.05) is 0 Å². The Kier molecular flexibility index (Phi) is 2.48. The van der Waals surface area contributed by atoms with E-state index in [1.54, 1.807) is 13.1 Å². The van der Waals surface area contributed by atoms with Crippen molar-refractivity contribution >= 4 is 32.5 Å². The normalized spacial score (nSPS) is 10.6. The third-order valence-electron chi connectivity index (χ3n) is 2.28. The zero-order valence-corrected chi connectivity index (χ0v) is 10.00. The molecule has 2 rings (SSSR count). The average Bonchev–Trinajstić information content (AvgIpc) is 2.24. The Morgan fingerprint density at radius 3 is 2.87 bits per heavy atom. The number of nitrogens with one attached hydrogen (secondary N) is 1. The largest absolute Gasteiger partial charge is 0.387 e. The summed E-state index contributed by atoms with van der Waals surface area (Å²) in [5.41, 5.74) is 1.58. The number of nitrogens with zero attached hydrogens (tertiary/aromatic N) is 2. The first kappa shape index (κ1) is 10.2. The van der Waals surface area contributed by atoms with E-state index < -0.39 is 0 Å². The van der Waals surface area contributed by atoms with Crippen molar-refractivity contribution in [1.29, 1.82) is 0 Å². The molecular weight excluding hydrogens is 258 g/mol. The van der Waals surface area contributed by atoms with Gasteiger partial charge in [0.25, 0.3) is 5.56 Å². The molecule has 0 radical (unpaired) electrons. The van der Waals surface area contributed by atoms with E-state index in [-0.39, 0.29) is 5.56 Å². The second-order valence-corrected chi connectivity index (χ2v) is 4.11. The first-order valence-electron chi connectivity index (χ1n) is 4.46. The second kappa shape index (κ2) is 3.66. The van der Waals surface area contributed by atoms with Crippen LogP contribution in [0.1, 0.15) is 0 Å². The summed E-state index contributed by atoms with van der Waals surface area (Å²) in [4.78, 5) is 16.0. The van der Waals surface area contributed by atoms with Crippen LogP contribution in [-0.4, -0.2) is 16.6 Å². The minimum atomic E-state index is -0.0386. The monoisotopic (exact) mass is 267 g/mol. The molecule has 4 nitrogen and oxygen atoms in total. The van der Waals surface area contributed by atoms with Crippen molar-refractivity contribution in [2.75, 3.05) is 12.4 Å². The Morgan fingerprint density at radius 2 is 2.20 bits per heavy atom. The number of benzene rings is 1. The van der Waals surface area contributed by atoms with Gasteiger partial charge in [-0.05, 0) is 28.1 Å². The quantitative estimate of drug-likeness (QED) is 0.856. The highest BCUT2D eigenvalue weighted by Crippen LogP contribution is 2.25. The third kappa shape index (κ3) is 1.63. The molecule has 1 heterocycles. The maximum Gasteiger partial charge on any atom is 0.260 e. The van der Waals surface area contributed by atoms with Crippen LogP contribution in [0.25, 0.3) is 10.9 Å². The average molecular weight is 268 g/mol. The molecule has 0 bridgehead atoms.